The molecule has 5 N–H and O–H groups in total. The van der Waals surface area contributed by atoms with E-state index in [0.29, 0.717) is 0 Å². The van der Waals surface area contributed by atoms with E-state index in [1.165, 1.54) is 0 Å². The molecular weight excluding hydrogens is 356 g/mol. The second-order valence-corrected chi connectivity index (χ2v) is 6.98. The van der Waals surface area contributed by atoms with Gasteiger partial charge >= 0.3 is 0 Å². The number of benzene rings is 1. The highest BCUT2D eigenvalue weighted by molar-refractivity contribution is 5.80. The summed E-state index contributed by atoms with van der Waals surface area (Å²) in [6.07, 6.45) is -1.76. The van der Waals surface area contributed by atoms with Crippen molar-refractivity contribution in [1.82, 2.24) is 10.6 Å². The third-order valence-electron chi connectivity index (χ3n) is 4.04. The third-order valence-corrected chi connectivity index (χ3v) is 4.04. The summed E-state index contributed by atoms with van der Waals surface area (Å²) in [5, 5.41) is 15.0. The van der Waals surface area contributed by atoms with E-state index in [1.54, 1.807) is 13.8 Å². The Morgan fingerprint density at radius 2 is 1.81 bits per heavy atom. The number of nitrogens with two attached hydrogens (primary N) is 1. The van der Waals surface area contributed by atoms with Gasteiger partial charge in [0.15, 0.2) is 0 Å². The largest absolute Gasteiger partial charge is 0.385 e. The molecule has 0 aliphatic rings. The van der Waals surface area contributed by atoms with E-state index in [2.05, 4.69) is 10.6 Å². The van der Waals surface area contributed by atoms with E-state index < -0.39 is 30.5 Å². The zero-order chi connectivity index (χ0) is 20.4. The fourth-order valence-electron chi connectivity index (χ4n) is 2.63. The Hall–Kier alpha value is -2.06. The summed E-state index contributed by atoms with van der Waals surface area (Å²) >= 11 is 0. The first-order chi connectivity index (χ1) is 12.7. The number of hydrogen-bond acceptors (Lipinski definition) is 4. The molecule has 152 valence electrons. The van der Waals surface area contributed by atoms with Crippen LogP contribution in [0.3, 0.4) is 0 Å². The van der Waals surface area contributed by atoms with Crippen LogP contribution in [0.2, 0.25) is 0 Å². The fraction of sp³-hybridized carbons (Fsp3) is 0.579. The molecule has 27 heavy (non-hydrogen) atoms. The van der Waals surface area contributed by atoms with Gasteiger partial charge in [-0.15, -0.1) is 0 Å². The fourth-order valence-corrected chi connectivity index (χ4v) is 2.63. The Labute approximate surface area is 158 Å². The molecule has 0 aromatic heterocycles. The number of amides is 2. The highest BCUT2D eigenvalue weighted by Crippen LogP contribution is 2.23. The van der Waals surface area contributed by atoms with Crippen LogP contribution in [-0.4, -0.2) is 48.1 Å². The van der Waals surface area contributed by atoms with Crippen molar-refractivity contribution >= 4 is 11.8 Å². The zero-order valence-corrected chi connectivity index (χ0v) is 15.8. The number of halogens is 2. The van der Waals surface area contributed by atoms with Crippen molar-refractivity contribution in [3.63, 3.8) is 0 Å². The third kappa shape index (κ3) is 8.45. The second kappa shape index (κ2) is 10.9. The van der Waals surface area contributed by atoms with Crippen LogP contribution in [0.5, 0.6) is 0 Å². The number of carbonyl (C=O) groups is 2. The minimum atomic E-state index is -3.49. The van der Waals surface area contributed by atoms with Crippen LogP contribution < -0.4 is 16.4 Å². The SMILES string of the molecule is CC(C)CC(NC(=O)CCNC(=O)Cc1ccccc1)C(O)C(F)(F)CN. The maximum Gasteiger partial charge on any atom is 0.287 e. The summed E-state index contributed by atoms with van der Waals surface area (Å²) in [6.45, 7) is 2.68. The van der Waals surface area contributed by atoms with Gasteiger partial charge in [0, 0.05) is 13.0 Å². The summed E-state index contributed by atoms with van der Waals surface area (Å²) in [4.78, 5) is 23.9. The van der Waals surface area contributed by atoms with Gasteiger partial charge in [-0.1, -0.05) is 44.2 Å². The monoisotopic (exact) mass is 385 g/mol. The first kappa shape index (κ1) is 23.0. The maximum absolute atomic E-state index is 13.7. The molecule has 2 unspecified atom stereocenters. The quantitative estimate of drug-likeness (QED) is 0.460. The van der Waals surface area contributed by atoms with E-state index in [4.69, 9.17) is 5.73 Å². The number of rotatable bonds is 11. The Balaban J connectivity index is 2.48. The Morgan fingerprint density at radius 3 is 2.37 bits per heavy atom. The van der Waals surface area contributed by atoms with Gasteiger partial charge in [-0.2, -0.15) is 0 Å². The molecule has 1 rings (SSSR count). The molecule has 0 bridgehead atoms. The van der Waals surface area contributed by atoms with Crippen molar-refractivity contribution < 1.29 is 23.5 Å². The molecule has 0 fully saturated rings. The van der Waals surface area contributed by atoms with Crippen molar-refractivity contribution in [2.45, 2.75) is 51.2 Å². The smallest absolute Gasteiger partial charge is 0.287 e. The molecule has 0 heterocycles. The predicted molar refractivity (Wildman–Crippen MR) is 99.2 cm³/mol. The number of aliphatic hydroxyl groups is 1. The molecular formula is C19H29F2N3O3. The van der Waals surface area contributed by atoms with Crippen LogP contribution in [-0.2, 0) is 16.0 Å². The number of aliphatic hydroxyl groups excluding tert-OH is 1. The maximum atomic E-state index is 13.7. The second-order valence-electron chi connectivity index (χ2n) is 6.98. The Bertz CT molecular complexity index is 597. The van der Waals surface area contributed by atoms with Crippen molar-refractivity contribution in [3.05, 3.63) is 35.9 Å². The summed E-state index contributed by atoms with van der Waals surface area (Å²) in [5.41, 5.74) is 5.86. The normalized spacial score (nSPS) is 13.9. The van der Waals surface area contributed by atoms with Crippen LogP contribution in [0.1, 0.15) is 32.3 Å². The lowest BCUT2D eigenvalue weighted by Crippen LogP contribution is -2.54. The van der Waals surface area contributed by atoms with Gasteiger partial charge in [0.2, 0.25) is 11.8 Å². The van der Waals surface area contributed by atoms with E-state index in [9.17, 15) is 23.5 Å². The minimum Gasteiger partial charge on any atom is -0.385 e. The lowest BCUT2D eigenvalue weighted by atomic mass is 9.95. The minimum absolute atomic E-state index is 0.0101. The van der Waals surface area contributed by atoms with Gasteiger partial charge in [0.1, 0.15) is 6.10 Å². The van der Waals surface area contributed by atoms with Crippen LogP contribution in [0.25, 0.3) is 0 Å². The van der Waals surface area contributed by atoms with E-state index in [-0.39, 0.29) is 37.6 Å². The lowest BCUT2D eigenvalue weighted by Gasteiger charge is -2.30. The van der Waals surface area contributed by atoms with E-state index in [1.807, 2.05) is 30.3 Å². The Kier molecular flexibility index (Phi) is 9.31. The standard InChI is InChI=1S/C19H29F2N3O3/c1-13(2)10-15(18(27)19(20,21)12-22)24-16(25)8-9-23-17(26)11-14-6-4-3-5-7-14/h3-7,13,15,18,27H,8-12,22H2,1-2H3,(H,23,26)(H,24,25). The number of hydrogen-bond donors (Lipinski definition) is 4. The lowest BCUT2D eigenvalue weighted by molar-refractivity contribution is -0.132. The van der Waals surface area contributed by atoms with E-state index >= 15 is 0 Å². The molecule has 0 radical (unpaired) electrons. The van der Waals surface area contributed by atoms with Gasteiger partial charge in [0.05, 0.1) is 19.0 Å². The zero-order valence-electron chi connectivity index (χ0n) is 15.8. The molecule has 0 saturated carbocycles. The van der Waals surface area contributed by atoms with Gasteiger partial charge in [-0.05, 0) is 17.9 Å². The molecule has 8 heteroatoms. The van der Waals surface area contributed by atoms with Crippen molar-refractivity contribution in [2.75, 3.05) is 13.1 Å². The molecule has 0 spiro atoms. The first-order valence-electron chi connectivity index (χ1n) is 9.01. The highest BCUT2D eigenvalue weighted by Gasteiger charge is 2.42. The van der Waals surface area contributed by atoms with Crippen LogP contribution in [0.15, 0.2) is 30.3 Å². The molecule has 2 amide bonds. The van der Waals surface area contributed by atoms with Crippen molar-refractivity contribution in [3.8, 4) is 0 Å². The number of carbonyl (C=O) groups excluding carboxylic acids is 2. The molecule has 2 atom stereocenters. The number of nitrogens with one attached hydrogen (secondary N) is 2. The van der Waals surface area contributed by atoms with Gasteiger partial charge < -0.3 is 21.5 Å². The topological polar surface area (TPSA) is 104 Å². The Morgan fingerprint density at radius 1 is 1.19 bits per heavy atom. The van der Waals surface area contributed by atoms with Gasteiger partial charge in [-0.3, -0.25) is 9.59 Å². The van der Waals surface area contributed by atoms with Crippen LogP contribution in [0.4, 0.5) is 8.78 Å². The molecule has 0 saturated heterocycles. The number of alkyl halides is 2. The molecule has 1 aromatic carbocycles. The first-order valence-corrected chi connectivity index (χ1v) is 9.01. The van der Waals surface area contributed by atoms with Crippen LogP contribution in [0, 0.1) is 5.92 Å². The predicted octanol–water partition coefficient (Wildman–Crippen LogP) is 1.22. The van der Waals surface area contributed by atoms with Gasteiger partial charge in [0.25, 0.3) is 5.92 Å². The molecule has 6 nitrogen and oxygen atoms in total. The molecule has 0 aliphatic carbocycles. The van der Waals surface area contributed by atoms with Crippen molar-refractivity contribution in [2.24, 2.45) is 11.7 Å². The summed E-state index contributed by atoms with van der Waals surface area (Å²) < 4.78 is 27.4. The van der Waals surface area contributed by atoms with E-state index in [0.717, 1.165) is 5.56 Å². The summed E-state index contributed by atoms with van der Waals surface area (Å²) in [7, 11) is 0. The average molecular weight is 385 g/mol. The summed E-state index contributed by atoms with van der Waals surface area (Å²) in [6, 6.07) is 8.03. The summed E-state index contributed by atoms with van der Waals surface area (Å²) in [5.74, 6) is -4.25. The van der Waals surface area contributed by atoms with Crippen molar-refractivity contribution in [1.29, 1.82) is 0 Å². The van der Waals surface area contributed by atoms with Crippen LogP contribution >= 0.6 is 0 Å². The highest BCUT2D eigenvalue weighted by atomic mass is 19.3. The molecule has 1 aromatic rings. The van der Waals surface area contributed by atoms with Gasteiger partial charge in [-0.25, -0.2) is 8.78 Å². The molecule has 0 aliphatic heterocycles. The average Bonchev–Trinajstić information content (AvgIpc) is 2.60.